The lowest BCUT2D eigenvalue weighted by Crippen LogP contribution is -2.58. The third-order valence-electron chi connectivity index (χ3n) is 8.04. The first-order chi connectivity index (χ1) is 16.3. The summed E-state index contributed by atoms with van der Waals surface area (Å²) in [4.78, 5) is 45.1. The largest absolute Gasteiger partial charge is 0.465 e. The van der Waals surface area contributed by atoms with Gasteiger partial charge in [-0.05, 0) is 39.0 Å². The van der Waals surface area contributed by atoms with Gasteiger partial charge in [0, 0.05) is 17.8 Å². The van der Waals surface area contributed by atoms with Crippen molar-refractivity contribution in [1.82, 2.24) is 9.80 Å². The molecule has 188 valence electrons. The molecule has 1 N–H and O–H groups in total. The van der Waals surface area contributed by atoms with Gasteiger partial charge in [-0.2, -0.15) is 0 Å². The zero-order chi connectivity index (χ0) is 24.6. The molecule has 0 aromatic heterocycles. The van der Waals surface area contributed by atoms with Gasteiger partial charge < -0.3 is 19.6 Å². The molecule has 7 nitrogen and oxygen atoms in total. The fraction of sp³-hybridized carbons (Fsp3) is 0.731. The maximum absolute atomic E-state index is 14.2. The highest BCUT2D eigenvalue weighted by molar-refractivity contribution is 8.02. The standard InChI is InChI=1S/C26H38N2O5S/c1-5-17(4)18(15-29)28-22-24(31)27(16(2)3)13-10-12-26(22)21(23(28)30)20-19(34-26)11-8-6-7-9-14-33-25(20)32/h8,10-12,16-22,29H,5-7,9,13-15H2,1-4H3/b11-8-/t17-,18-,19-,20+,21-,22?,26-/m0/s1. The van der Waals surface area contributed by atoms with Crippen molar-refractivity contribution in [2.75, 3.05) is 19.8 Å². The van der Waals surface area contributed by atoms with E-state index in [1.807, 2.05) is 45.9 Å². The van der Waals surface area contributed by atoms with Crippen molar-refractivity contribution < 1.29 is 24.2 Å². The molecule has 1 spiro atoms. The predicted molar refractivity (Wildman–Crippen MR) is 132 cm³/mol. The van der Waals surface area contributed by atoms with Crippen LogP contribution in [0.5, 0.6) is 0 Å². The Morgan fingerprint density at radius 2 is 1.94 bits per heavy atom. The maximum Gasteiger partial charge on any atom is 0.311 e. The summed E-state index contributed by atoms with van der Waals surface area (Å²) in [6.45, 7) is 8.57. The van der Waals surface area contributed by atoms with Crippen molar-refractivity contribution in [3.8, 4) is 0 Å². The van der Waals surface area contributed by atoms with Crippen LogP contribution >= 0.6 is 11.8 Å². The first-order valence-corrected chi connectivity index (χ1v) is 13.6. The molecule has 4 rings (SSSR count). The smallest absolute Gasteiger partial charge is 0.311 e. The average molecular weight is 491 g/mol. The molecule has 0 bridgehead atoms. The molecule has 0 aromatic carbocycles. The van der Waals surface area contributed by atoms with Gasteiger partial charge in [-0.25, -0.2) is 0 Å². The summed E-state index contributed by atoms with van der Waals surface area (Å²) in [6, 6.07) is -1.28. The third kappa shape index (κ3) is 4.00. The Morgan fingerprint density at radius 1 is 1.18 bits per heavy atom. The second-order valence-corrected chi connectivity index (χ2v) is 11.8. The molecule has 34 heavy (non-hydrogen) atoms. The average Bonchev–Trinajstić information content (AvgIpc) is 3.19. The van der Waals surface area contributed by atoms with Gasteiger partial charge in [0.25, 0.3) is 0 Å². The van der Waals surface area contributed by atoms with Crippen molar-refractivity contribution in [2.45, 2.75) is 81.5 Å². The van der Waals surface area contributed by atoms with Crippen molar-refractivity contribution in [1.29, 1.82) is 0 Å². The summed E-state index contributed by atoms with van der Waals surface area (Å²) < 4.78 is 4.78. The van der Waals surface area contributed by atoms with Crippen molar-refractivity contribution >= 4 is 29.5 Å². The summed E-state index contributed by atoms with van der Waals surface area (Å²) >= 11 is 1.56. The Balaban J connectivity index is 1.87. The fourth-order valence-electron chi connectivity index (χ4n) is 6.01. The van der Waals surface area contributed by atoms with Gasteiger partial charge in [0.05, 0.1) is 35.8 Å². The van der Waals surface area contributed by atoms with Crippen molar-refractivity contribution in [3.63, 3.8) is 0 Å². The lowest BCUT2D eigenvalue weighted by atomic mass is 9.78. The first-order valence-electron chi connectivity index (χ1n) is 12.7. The van der Waals surface area contributed by atoms with E-state index in [0.717, 1.165) is 25.7 Å². The minimum Gasteiger partial charge on any atom is -0.465 e. The number of hydrogen-bond donors (Lipinski definition) is 1. The topological polar surface area (TPSA) is 87.2 Å². The normalized spacial score (nSPS) is 36.5. The quantitative estimate of drug-likeness (QED) is 0.471. The van der Waals surface area contributed by atoms with E-state index in [2.05, 4.69) is 6.08 Å². The molecule has 7 atom stereocenters. The first kappa shape index (κ1) is 25.3. The third-order valence-corrected chi connectivity index (χ3v) is 9.78. The Labute approximate surface area is 206 Å². The summed E-state index contributed by atoms with van der Waals surface area (Å²) in [7, 11) is 0. The predicted octanol–water partition coefficient (Wildman–Crippen LogP) is 2.78. The van der Waals surface area contributed by atoms with E-state index in [1.54, 1.807) is 21.6 Å². The second kappa shape index (κ2) is 10.1. The second-order valence-electron chi connectivity index (χ2n) is 10.3. The number of cyclic esters (lactones) is 1. The van der Waals surface area contributed by atoms with Crippen LogP contribution in [0, 0.1) is 17.8 Å². The number of aliphatic hydroxyl groups is 1. The molecule has 2 saturated heterocycles. The summed E-state index contributed by atoms with van der Waals surface area (Å²) in [6.07, 6.45) is 11.6. The Morgan fingerprint density at radius 3 is 2.62 bits per heavy atom. The fourth-order valence-corrected chi connectivity index (χ4v) is 8.00. The number of carbonyl (C=O) groups excluding carboxylic acids is 3. The van der Waals surface area contributed by atoms with Gasteiger partial charge in [-0.3, -0.25) is 14.4 Å². The minimum absolute atomic E-state index is 0.00838. The minimum atomic E-state index is -0.870. The molecule has 4 aliphatic heterocycles. The number of fused-ring (bicyclic) bond motifs is 2. The molecule has 0 radical (unpaired) electrons. The summed E-state index contributed by atoms with van der Waals surface area (Å²) in [5.74, 6) is -2.02. The van der Waals surface area contributed by atoms with Crippen LogP contribution in [0.15, 0.2) is 24.3 Å². The molecule has 4 heterocycles. The van der Waals surface area contributed by atoms with Crippen LogP contribution in [0.1, 0.15) is 53.4 Å². The van der Waals surface area contributed by atoms with E-state index in [9.17, 15) is 19.5 Å². The summed E-state index contributed by atoms with van der Waals surface area (Å²) in [5, 5.41) is 10.1. The van der Waals surface area contributed by atoms with Crippen LogP contribution in [0.2, 0.25) is 0 Å². The number of ether oxygens (including phenoxy) is 1. The van der Waals surface area contributed by atoms with Crippen LogP contribution in [-0.2, 0) is 19.1 Å². The lowest BCUT2D eigenvalue weighted by molar-refractivity contribution is -0.154. The van der Waals surface area contributed by atoms with Crippen LogP contribution in [0.3, 0.4) is 0 Å². The number of likely N-dealkylation sites (tertiary alicyclic amines) is 1. The number of amides is 2. The molecule has 2 amide bonds. The molecule has 2 fully saturated rings. The number of esters is 1. The number of thioether (sulfide) groups is 1. The maximum atomic E-state index is 14.2. The van der Waals surface area contributed by atoms with Gasteiger partial charge in [0.1, 0.15) is 6.04 Å². The van der Waals surface area contributed by atoms with Crippen molar-refractivity contribution in [2.24, 2.45) is 17.8 Å². The SMILES string of the molecule is CC[C@H](C)[C@H](CO)N1C(=O)[C@@H]2[C@@H]3C(=O)OCCCC/C=C\[C@@H]3S[C@@]23C=CCN(C(C)C)C(=O)C13. The van der Waals surface area contributed by atoms with Crippen LogP contribution < -0.4 is 0 Å². The number of allylic oxidation sites excluding steroid dienone is 1. The Kier molecular flexibility index (Phi) is 7.48. The van der Waals surface area contributed by atoms with Crippen LogP contribution in [-0.4, -0.2) is 80.6 Å². The molecular weight excluding hydrogens is 452 g/mol. The number of carbonyl (C=O) groups is 3. The van der Waals surface area contributed by atoms with Gasteiger partial charge in [0.15, 0.2) is 0 Å². The van der Waals surface area contributed by atoms with Crippen molar-refractivity contribution in [3.05, 3.63) is 24.3 Å². The number of hydrogen-bond acceptors (Lipinski definition) is 6. The highest BCUT2D eigenvalue weighted by Gasteiger charge is 2.71. The van der Waals surface area contributed by atoms with Gasteiger partial charge in [-0.15, -0.1) is 11.8 Å². The molecule has 4 aliphatic rings. The Hall–Kier alpha value is -1.80. The number of nitrogens with zero attached hydrogens (tertiary/aromatic N) is 2. The lowest BCUT2D eigenvalue weighted by Gasteiger charge is -2.41. The molecule has 1 unspecified atom stereocenters. The highest BCUT2D eigenvalue weighted by atomic mass is 32.2. The van der Waals surface area contributed by atoms with E-state index < -0.39 is 28.7 Å². The molecule has 8 heteroatoms. The highest BCUT2D eigenvalue weighted by Crippen LogP contribution is 2.61. The van der Waals surface area contributed by atoms with E-state index in [1.165, 1.54) is 0 Å². The van der Waals surface area contributed by atoms with Crippen LogP contribution in [0.25, 0.3) is 0 Å². The van der Waals surface area contributed by atoms with Crippen LogP contribution in [0.4, 0.5) is 0 Å². The van der Waals surface area contributed by atoms with E-state index in [-0.39, 0.29) is 41.6 Å². The van der Waals surface area contributed by atoms with Gasteiger partial charge in [-0.1, -0.05) is 44.6 Å². The van der Waals surface area contributed by atoms with Gasteiger partial charge in [0.2, 0.25) is 11.8 Å². The molecule has 0 saturated carbocycles. The van der Waals surface area contributed by atoms with Gasteiger partial charge >= 0.3 is 5.97 Å². The molecular formula is C26H38N2O5S. The zero-order valence-electron chi connectivity index (χ0n) is 20.7. The Bertz CT molecular complexity index is 873. The van der Waals surface area contributed by atoms with E-state index >= 15 is 0 Å². The zero-order valence-corrected chi connectivity index (χ0v) is 21.5. The van der Waals surface area contributed by atoms with E-state index in [4.69, 9.17) is 4.74 Å². The number of rotatable bonds is 5. The molecule has 0 aromatic rings. The molecule has 0 aliphatic carbocycles. The monoisotopic (exact) mass is 490 g/mol. The van der Waals surface area contributed by atoms with E-state index in [0.29, 0.717) is 13.2 Å². The summed E-state index contributed by atoms with van der Waals surface area (Å²) in [5.41, 5.74) is 0. The number of aliphatic hydroxyl groups excluding tert-OH is 1.